The molecular formula is C12H18N6. The van der Waals surface area contributed by atoms with Crippen LogP contribution in [0, 0.1) is 0 Å². The van der Waals surface area contributed by atoms with Gasteiger partial charge in [0, 0.05) is 18.8 Å². The normalized spacial score (nSPS) is 10.8. The van der Waals surface area contributed by atoms with Gasteiger partial charge in [-0.1, -0.05) is 13.8 Å². The van der Waals surface area contributed by atoms with E-state index in [-0.39, 0.29) is 0 Å². The van der Waals surface area contributed by atoms with Gasteiger partial charge in [0.25, 0.3) is 5.95 Å². The van der Waals surface area contributed by atoms with Gasteiger partial charge >= 0.3 is 0 Å². The average Bonchev–Trinajstić information content (AvgIpc) is 2.86. The zero-order valence-corrected chi connectivity index (χ0v) is 10.8. The molecule has 0 aromatic carbocycles. The van der Waals surface area contributed by atoms with Gasteiger partial charge in [-0.25, -0.2) is 9.97 Å². The van der Waals surface area contributed by atoms with Crippen molar-refractivity contribution >= 4 is 0 Å². The Labute approximate surface area is 106 Å². The number of aryl methyl sites for hydroxylation is 2. The summed E-state index contributed by atoms with van der Waals surface area (Å²) in [5.74, 6) is 1.44. The third-order valence-corrected chi connectivity index (χ3v) is 2.80. The number of rotatable bonds is 5. The molecule has 6 heteroatoms. The molecule has 0 atom stereocenters. The third kappa shape index (κ3) is 2.38. The van der Waals surface area contributed by atoms with Crippen LogP contribution < -0.4 is 5.73 Å². The molecule has 0 aliphatic heterocycles. The van der Waals surface area contributed by atoms with Crippen molar-refractivity contribution in [2.75, 3.05) is 6.54 Å². The SMILES string of the molecule is CCc1nnc(-n2ccnc2CCN)nc1CC. The summed E-state index contributed by atoms with van der Waals surface area (Å²) in [5.41, 5.74) is 7.51. The minimum absolute atomic E-state index is 0.554. The molecule has 0 saturated carbocycles. The summed E-state index contributed by atoms with van der Waals surface area (Å²) < 4.78 is 1.85. The van der Waals surface area contributed by atoms with E-state index in [2.05, 4.69) is 34.0 Å². The van der Waals surface area contributed by atoms with E-state index in [9.17, 15) is 0 Å². The van der Waals surface area contributed by atoms with Gasteiger partial charge in [-0.05, 0) is 19.4 Å². The first-order valence-electron chi connectivity index (χ1n) is 6.25. The lowest BCUT2D eigenvalue weighted by molar-refractivity contribution is 0.741. The van der Waals surface area contributed by atoms with Crippen LogP contribution in [0.5, 0.6) is 0 Å². The maximum atomic E-state index is 5.56. The Morgan fingerprint density at radius 2 is 1.94 bits per heavy atom. The Balaban J connectivity index is 2.41. The van der Waals surface area contributed by atoms with E-state index in [4.69, 9.17) is 5.73 Å². The van der Waals surface area contributed by atoms with Crippen molar-refractivity contribution in [3.05, 3.63) is 29.6 Å². The van der Waals surface area contributed by atoms with Gasteiger partial charge in [-0.3, -0.25) is 4.57 Å². The molecule has 2 N–H and O–H groups in total. The summed E-state index contributed by atoms with van der Waals surface area (Å²) in [6.07, 6.45) is 5.98. The summed E-state index contributed by atoms with van der Waals surface area (Å²) in [4.78, 5) is 8.81. The van der Waals surface area contributed by atoms with Gasteiger partial charge in [0.2, 0.25) is 0 Å². The first-order valence-corrected chi connectivity index (χ1v) is 6.25. The lowest BCUT2D eigenvalue weighted by atomic mass is 10.2. The highest BCUT2D eigenvalue weighted by Gasteiger charge is 2.10. The predicted molar refractivity (Wildman–Crippen MR) is 68.5 cm³/mol. The molecule has 0 aliphatic rings. The Bertz CT molecular complexity index is 519. The maximum Gasteiger partial charge on any atom is 0.255 e. The standard InChI is InChI=1S/C12H18N6/c1-3-9-10(4-2)16-17-12(15-9)18-8-7-14-11(18)5-6-13/h7-8H,3-6,13H2,1-2H3. The topological polar surface area (TPSA) is 82.5 Å². The number of nitrogens with two attached hydrogens (primary N) is 1. The first kappa shape index (κ1) is 12.6. The number of hydrogen-bond acceptors (Lipinski definition) is 5. The van der Waals surface area contributed by atoms with Crippen molar-refractivity contribution in [1.82, 2.24) is 24.7 Å². The molecule has 0 aliphatic carbocycles. The summed E-state index contributed by atoms with van der Waals surface area (Å²) in [6, 6.07) is 0. The van der Waals surface area contributed by atoms with Crippen LogP contribution in [-0.4, -0.2) is 31.3 Å². The van der Waals surface area contributed by atoms with Crippen LogP contribution in [0.4, 0.5) is 0 Å². The van der Waals surface area contributed by atoms with Crippen LogP contribution in [0.3, 0.4) is 0 Å². The molecule has 2 rings (SSSR count). The summed E-state index contributed by atoms with van der Waals surface area (Å²) in [6.45, 7) is 4.68. The Kier molecular flexibility index (Phi) is 3.99. The fourth-order valence-electron chi connectivity index (χ4n) is 1.86. The third-order valence-electron chi connectivity index (χ3n) is 2.80. The van der Waals surface area contributed by atoms with Crippen molar-refractivity contribution < 1.29 is 0 Å². The molecule has 96 valence electrons. The van der Waals surface area contributed by atoms with Crippen molar-refractivity contribution in [2.45, 2.75) is 33.1 Å². The molecule has 0 saturated heterocycles. The van der Waals surface area contributed by atoms with Gasteiger partial charge in [0.1, 0.15) is 5.82 Å². The van der Waals surface area contributed by atoms with Crippen molar-refractivity contribution in [3.63, 3.8) is 0 Å². The van der Waals surface area contributed by atoms with E-state index in [0.717, 1.165) is 30.1 Å². The highest BCUT2D eigenvalue weighted by molar-refractivity contribution is 5.19. The van der Waals surface area contributed by atoms with Crippen molar-refractivity contribution in [1.29, 1.82) is 0 Å². The van der Waals surface area contributed by atoms with Crippen LogP contribution in [0.15, 0.2) is 12.4 Å². The molecule has 0 unspecified atom stereocenters. The van der Waals surface area contributed by atoms with Crippen LogP contribution in [-0.2, 0) is 19.3 Å². The number of imidazole rings is 1. The van der Waals surface area contributed by atoms with E-state index in [1.165, 1.54) is 0 Å². The van der Waals surface area contributed by atoms with Crippen LogP contribution >= 0.6 is 0 Å². The second-order valence-corrected chi connectivity index (χ2v) is 3.96. The zero-order chi connectivity index (χ0) is 13.0. The Morgan fingerprint density at radius 3 is 2.61 bits per heavy atom. The highest BCUT2D eigenvalue weighted by Crippen LogP contribution is 2.09. The van der Waals surface area contributed by atoms with Gasteiger partial charge in [0.05, 0.1) is 11.4 Å². The molecule has 0 radical (unpaired) electrons. The minimum Gasteiger partial charge on any atom is -0.330 e. The number of hydrogen-bond donors (Lipinski definition) is 1. The molecule has 18 heavy (non-hydrogen) atoms. The van der Waals surface area contributed by atoms with Crippen molar-refractivity contribution in [2.24, 2.45) is 5.73 Å². The molecular weight excluding hydrogens is 228 g/mol. The van der Waals surface area contributed by atoms with Gasteiger partial charge in [-0.2, -0.15) is 0 Å². The fourth-order valence-corrected chi connectivity index (χ4v) is 1.86. The average molecular weight is 246 g/mol. The van der Waals surface area contributed by atoms with E-state index in [0.29, 0.717) is 18.9 Å². The molecule has 2 aromatic heterocycles. The fraction of sp³-hybridized carbons (Fsp3) is 0.500. The van der Waals surface area contributed by atoms with Crippen LogP contribution in [0.25, 0.3) is 5.95 Å². The zero-order valence-electron chi connectivity index (χ0n) is 10.8. The minimum atomic E-state index is 0.554. The smallest absolute Gasteiger partial charge is 0.255 e. The molecule has 0 fully saturated rings. The molecule has 0 bridgehead atoms. The second kappa shape index (κ2) is 5.68. The predicted octanol–water partition coefficient (Wildman–Crippen LogP) is 0.683. The van der Waals surface area contributed by atoms with E-state index in [1.807, 2.05) is 10.8 Å². The van der Waals surface area contributed by atoms with Gasteiger partial charge in [0.15, 0.2) is 0 Å². The van der Waals surface area contributed by atoms with E-state index >= 15 is 0 Å². The van der Waals surface area contributed by atoms with E-state index in [1.54, 1.807) is 6.20 Å². The second-order valence-electron chi connectivity index (χ2n) is 3.96. The number of nitrogens with zero attached hydrogens (tertiary/aromatic N) is 5. The quantitative estimate of drug-likeness (QED) is 0.839. The lowest BCUT2D eigenvalue weighted by Gasteiger charge is -2.08. The lowest BCUT2D eigenvalue weighted by Crippen LogP contribution is -2.13. The monoisotopic (exact) mass is 246 g/mol. The van der Waals surface area contributed by atoms with Crippen molar-refractivity contribution in [3.8, 4) is 5.95 Å². The molecule has 0 amide bonds. The van der Waals surface area contributed by atoms with Gasteiger partial charge in [-0.15, -0.1) is 10.2 Å². The van der Waals surface area contributed by atoms with E-state index < -0.39 is 0 Å². The first-order chi connectivity index (χ1) is 8.80. The van der Waals surface area contributed by atoms with Gasteiger partial charge < -0.3 is 5.73 Å². The van der Waals surface area contributed by atoms with Crippen LogP contribution in [0.2, 0.25) is 0 Å². The molecule has 0 spiro atoms. The largest absolute Gasteiger partial charge is 0.330 e. The summed E-state index contributed by atoms with van der Waals surface area (Å²) in [7, 11) is 0. The van der Waals surface area contributed by atoms with Crippen LogP contribution in [0.1, 0.15) is 31.1 Å². The molecule has 6 nitrogen and oxygen atoms in total. The summed E-state index contributed by atoms with van der Waals surface area (Å²) >= 11 is 0. The Morgan fingerprint density at radius 1 is 1.17 bits per heavy atom. The highest BCUT2D eigenvalue weighted by atomic mass is 15.3. The molecule has 2 heterocycles. The summed E-state index contributed by atoms with van der Waals surface area (Å²) in [5, 5.41) is 8.40. The number of aromatic nitrogens is 5. The maximum absolute atomic E-state index is 5.56. The molecule has 2 aromatic rings. The Hall–Kier alpha value is -1.82.